The van der Waals surface area contributed by atoms with Crippen LogP contribution in [0.5, 0.6) is 0 Å². The van der Waals surface area contributed by atoms with Crippen molar-refractivity contribution >= 4 is 6.29 Å². The minimum absolute atomic E-state index is 0.115. The molecule has 3 atom stereocenters. The minimum Gasteiger partial charge on any atom is -0.302 e. The Morgan fingerprint density at radius 3 is 2.48 bits per heavy atom. The standard InChI is InChI=1S/C19H19FN2O3/c20-18-9-5-4-8-16(18)17-10-15(13-23)21(12-19(17)22(24)25)11-14-6-2-1-3-7-14/h1-9,13,15,17,19H,10-12H2. The van der Waals surface area contributed by atoms with Crippen LogP contribution in [0.4, 0.5) is 4.39 Å². The van der Waals surface area contributed by atoms with Gasteiger partial charge in [-0.25, -0.2) is 4.39 Å². The van der Waals surface area contributed by atoms with Gasteiger partial charge >= 0.3 is 0 Å². The predicted octanol–water partition coefficient (Wildman–Crippen LogP) is 3.03. The number of nitro groups is 1. The van der Waals surface area contributed by atoms with Gasteiger partial charge in [0.25, 0.3) is 0 Å². The molecule has 25 heavy (non-hydrogen) atoms. The summed E-state index contributed by atoms with van der Waals surface area (Å²) in [7, 11) is 0. The summed E-state index contributed by atoms with van der Waals surface area (Å²) in [6.45, 7) is 0.572. The smallest absolute Gasteiger partial charge is 0.232 e. The third kappa shape index (κ3) is 3.74. The maximum atomic E-state index is 14.2. The van der Waals surface area contributed by atoms with E-state index in [2.05, 4.69) is 0 Å². The number of piperidine rings is 1. The number of halogens is 1. The summed E-state index contributed by atoms with van der Waals surface area (Å²) in [5.74, 6) is -1.07. The van der Waals surface area contributed by atoms with Crippen LogP contribution < -0.4 is 0 Å². The summed E-state index contributed by atoms with van der Waals surface area (Å²) in [4.78, 5) is 24.7. The maximum Gasteiger partial charge on any atom is 0.232 e. The molecule has 3 rings (SSSR count). The van der Waals surface area contributed by atoms with E-state index in [1.807, 2.05) is 35.2 Å². The second-order valence-corrected chi connectivity index (χ2v) is 6.33. The molecule has 0 aliphatic carbocycles. The average molecular weight is 342 g/mol. The van der Waals surface area contributed by atoms with Gasteiger partial charge in [0.2, 0.25) is 6.04 Å². The average Bonchev–Trinajstić information content (AvgIpc) is 2.63. The van der Waals surface area contributed by atoms with Crippen LogP contribution in [0.25, 0.3) is 0 Å². The van der Waals surface area contributed by atoms with Crippen molar-refractivity contribution in [1.82, 2.24) is 4.90 Å². The third-order valence-corrected chi connectivity index (χ3v) is 4.81. The second-order valence-electron chi connectivity index (χ2n) is 6.33. The first-order valence-electron chi connectivity index (χ1n) is 8.21. The highest BCUT2D eigenvalue weighted by Crippen LogP contribution is 2.34. The van der Waals surface area contributed by atoms with Crippen LogP contribution in [-0.2, 0) is 11.3 Å². The Labute approximate surface area is 145 Å². The molecule has 130 valence electrons. The Balaban J connectivity index is 1.88. The SMILES string of the molecule is O=CC1CC(c2ccccc2F)C([N+](=O)[O-])CN1Cc1ccccc1. The lowest BCUT2D eigenvalue weighted by atomic mass is 9.81. The Kier molecular flexibility index (Phi) is 5.19. The van der Waals surface area contributed by atoms with E-state index in [1.54, 1.807) is 18.2 Å². The molecule has 2 aromatic rings. The fourth-order valence-electron chi connectivity index (χ4n) is 3.53. The van der Waals surface area contributed by atoms with Crippen molar-refractivity contribution in [3.05, 3.63) is 81.7 Å². The van der Waals surface area contributed by atoms with E-state index in [-0.39, 0.29) is 17.9 Å². The van der Waals surface area contributed by atoms with E-state index in [0.717, 1.165) is 11.8 Å². The van der Waals surface area contributed by atoms with Crippen LogP contribution in [0, 0.1) is 15.9 Å². The number of carbonyl (C=O) groups excluding carboxylic acids is 1. The molecule has 3 unspecified atom stereocenters. The van der Waals surface area contributed by atoms with Gasteiger partial charge in [-0.2, -0.15) is 0 Å². The summed E-state index contributed by atoms with van der Waals surface area (Å²) < 4.78 is 14.2. The molecule has 1 aliphatic heterocycles. The van der Waals surface area contributed by atoms with Crippen LogP contribution in [0.1, 0.15) is 23.5 Å². The summed E-state index contributed by atoms with van der Waals surface area (Å²) in [6, 6.07) is 14.2. The van der Waals surface area contributed by atoms with E-state index in [0.29, 0.717) is 12.1 Å². The summed E-state index contributed by atoms with van der Waals surface area (Å²) >= 11 is 0. The molecule has 1 heterocycles. The number of hydrogen-bond acceptors (Lipinski definition) is 4. The topological polar surface area (TPSA) is 63.4 Å². The highest BCUT2D eigenvalue weighted by molar-refractivity contribution is 5.58. The lowest BCUT2D eigenvalue weighted by Gasteiger charge is -2.38. The monoisotopic (exact) mass is 342 g/mol. The molecule has 0 radical (unpaired) electrons. The van der Waals surface area contributed by atoms with Crippen LogP contribution in [0.3, 0.4) is 0 Å². The van der Waals surface area contributed by atoms with Gasteiger partial charge in [-0.15, -0.1) is 0 Å². The number of nitrogens with zero attached hydrogens (tertiary/aromatic N) is 2. The lowest BCUT2D eigenvalue weighted by Crippen LogP contribution is -2.52. The minimum atomic E-state index is -0.947. The van der Waals surface area contributed by atoms with E-state index in [1.165, 1.54) is 6.07 Å². The van der Waals surface area contributed by atoms with Crippen molar-refractivity contribution in [2.24, 2.45) is 0 Å². The normalized spacial score (nSPS) is 24.0. The first-order chi connectivity index (χ1) is 12.1. The van der Waals surface area contributed by atoms with Crippen molar-refractivity contribution in [2.45, 2.75) is 31.0 Å². The van der Waals surface area contributed by atoms with Gasteiger partial charge in [-0.05, 0) is 23.6 Å². The number of hydrogen-bond donors (Lipinski definition) is 0. The van der Waals surface area contributed by atoms with E-state index < -0.39 is 23.8 Å². The molecule has 6 heteroatoms. The van der Waals surface area contributed by atoms with Gasteiger partial charge in [0.1, 0.15) is 12.1 Å². The molecule has 5 nitrogen and oxygen atoms in total. The molecule has 0 spiro atoms. The van der Waals surface area contributed by atoms with Crippen LogP contribution in [-0.4, -0.2) is 34.7 Å². The van der Waals surface area contributed by atoms with Gasteiger partial charge in [0, 0.05) is 11.5 Å². The van der Waals surface area contributed by atoms with E-state index >= 15 is 0 Å². The van der Waals surface area contributed by atoms with Gasteiger partial charge < -0.3 is 4.79 Å². The van der Waals surface area contributed by atoms with E-state index in [4.69, 9.17) is 0 Å². The quantitative estimate of drug-likeness (QED) is 0.476. The Bertz CT molecular complexity index is 753. The highest BCUT2D eigenvalue weighted by atomic mass is 19.1. The molecule has 0 aromatic heterocycles. The van der Waals surface area contributed by atoms with Crippen molar-refractivity contribution in [3.8, 4) is 0 Å². The zero-order valence-corrected chi connectivity index (χ0v) is 13.6. The number of benzene rings is 2. The van der Waals surface area contributed by atoms with Gasteiger partial charge in [0.15, 0.2) is 0 Å². The zero-order chi connectivity index (χ0) is 17.8. The molecule has 0 saturated carbocycles. The molecule has 0 bridgehead atoms. The second kappa shape index (κ2) is 7.53. The van der Waals surface area contributed by atoms with Crippen molar-refractivity contribution in [2.75, 3.05) is 6.54 Å². The molecule has 1 saturated heterocycles. The van der Waals surface area contributed by atoms with Gasteiger partial charge in [-0.3, -0.25) is 15.0 Å². The molecular formula is C19H19FN2O3. The van der Waals surface area contributed by atoms with Crippen LogP contribution in [0.2, 0.25) is 0 Å². The van der Waals surface area contributed by atoms with Crippen molar-refractivity contribution < 1.29 is 14.1 Å². The molecule has 1 fully saturated rings. The molecular weight excluding hydrogens is 323 g/mol. The third-order valence-electron chi connectivity index (χ3n) is 4.81. The number of carbonyl (C=O) groups is 1. The van der Waals surface area contributed by atoms with Gasteiger partial charge in [0.05, 0.1) is 18.5 Å². The summed E-state index contributed by atoms with van der Waals surface area (Å²) in [5, 5.41) is 11.6. The first-order valence-corrected chi connectivity index (χ1v) is 8.21. The number of likely N-dealkylation sites (tertiary alicyclic amines) is 1. The number of rotatable bonds is 5. The Morgan fingerprint density at radius 2 is 1.84 bits per heavy atom. The summed E-state index contributed by atoms with van der Waals surface area (Å²) in [6.07, 6.45) is 1.05. The van der Waals surface area contributed by atoms with Gasteiger partial charge in [-0.1, -0.05) is 48.5 Å². The van der Waals surface area contributed by atoms with E-state index in [9.17, 15) is 19.3 Å². The summed E-state index contributed by atoms with van der Waals surface area (Å²) in [5.41, 5.74) is 1.30. The largest absolute Gasteiger partial charge is 0.302 e. The molecule has 0 amide bonds. The first kappa shape index (κ1) is 17.2. The number of aldehydes is 1. The fourth-order valence-corrected chi connectivity index (χ4v) is 3.53. The maximum absolute atomic E-state index is 14.2. The highest BCUT2D eigenvalue weighted by Gasteiger charge is 2.43. The Hall–Kier alpha value is -2.60. The lowest BCUT2D eigenvalue weighted by molar-refractivity contribution is -0.531. The molecule has 0 N–H and O–H groups in total. The van der Waals surface area contributed by atoms with Crippen LogP contribution >= 0.6 is 0 Å². The Morgan fingerprint density at radius 1 is 1.16 bits per heavy atom. The van der Waals surface area contributed by atoms with Crippen molar-refractivity contribution in [1.29, 1.82) is 0 Å². The van der Waals surface area contributed by atoms with Crippen molar-refractivity contribution in [3.63, 3.8) is 0 Å². The predicted molar refractivity (Wildman–Crippen MR) is 91.2 cm³/mol. The zero-order valence-electron chi connectivity index (χ0n) is 13.6. The molecule has 2 aromatic carbocycles. The molecule has 1 aliphatic rings. The van der Waals surface area contributed by atoms with Crippen LogP contribution in [0.15, 0.2) is 54.6 Å². The fraction of sp³-hybridized carbons (Fsp3) is 0.316.